The normalized spacial score (nSPS) is 12.0. The van der Waals surface area contributed by atoms with Crippen LogP contribution in [0.4, 0.5) is 0 Å². The molecule has 0 unspecified atom stereocenters. The first-order valence-corrected chi connectivity index (χ1v) is 21.4. The molecule has 46 heavy (non-hydrogen) atoms. The van der Waals surface area contributed by atoms with E-state index in [1.54, 1.807) is 6.07 Å². The van der Waals surface area contributed by atoms with Gasteiger partial charge in [-0.15, -0.1) is 0 Å². The van der Waals surface area contributed by atoms with Crippen molar-refractivity contribution in [3.63, 3.8) is 0 Å². The van der Waals surface area contributed by atoms with Crippen molar-refractivity contribution in [2.24, 2.45) is 0 Å². The lowest BCUT2D eigenvalue weighted by Crippen LogP contribution is -2.04. The first kappa shape index (κ1) is 40.8. The predicted molar refractivity (Wildman–Crippen MR) is 202 cm³/mol. The van der Waals surface area contributed by atoms with Crippen molar-refractivity contribution in [3.8, 4) is 0 Å². The first-order chi connectivity index (χ1) is 22.5. The molecule has 1 N–H and O–H groups in total. The largest absolute Gasteiger partial charge is 0.294 e. The Hall–Kier alpha value is -1.39. The van der Waals surface area contributed by atoms with Crippen molar-refractivity contribution < 1.29 is 13.0 Å². The van der Waals surface area contributed by atoms with Crippen molar-refractivity contribution in [1.82, 2.24) is 0 Å². The van der Waals surface area contributed by atoms with E-state index in [1.165, 1.54) is 173 Å². The standard InChI is InChI=1S/C42H72O3S/c1-3-5-7-9-11-13-15-17-19-21-23-25-27-29-31-38-33-35-40-39(37-38)34-36-42(46(43,44)45)41(40)32-30-28-26-24-22-20-18-16-14-12-10-8-6-4-2/h33-37H,3-32H2,1-2H3,(H,43,44,45). The summed E-state index contributed by atoms with van der Waals surface area (Å²) in [6.45, 7) is 4.56. The summed E-state index contributed by atoms with van der Waals surface area (Å²) in [7, 11) is -4.24. The Morgan fingerprint density at radius 3 is 1.22 bits per heavy atom. The fourth-order valence-electron chi connectivity index (χ4n) is 7.10. The minimum absolute atomic E-state index is 0.0921. The van der Waals surface area contributed by atoms with Gasteiger partial charge in [-0.2, -0.15) is 8.42 Å². The molecular weight excluding hydrogens is 585 g/mol. The maximum atomic E-state index is 12.2. The van der Waals surface area contributed by atoms with Gasteiger partial charge in [-0.05, 0) is 53.6 Å². The quantitative estimate of drug-likeness (QED) is 0.0649. The summed E-state index contributed by atoms with van der Waals surface area (Å²) in [6.07, 6.45) is 39.2. The number of hydrogen-bond acceptors (Lipinski definition) is 2. The zero-order valence-electron chi connectivity index (χ0n) is 30.3. The highest BCUT2D eigenvalue weighted by molar-refractivity contribution is 7.85. The van der Waals surface area contributed by atoms with Gasteiger partial charge in [-0.1, -0.05) is 205 Å². The molecule has 2 aromatic carbocycles. The molecule has 0 bridgehead atoms. The lowest BCUT2D eigenvalue weighted by Gasteiger charge is -2.13. The Kier molecular flexibility index (Phi) is 23.5. The molecule has 0 aliphatic carbocycles. The molecule has 2 aromatic rings. The first-order valence-electron chi connectivity index (χ1n) is 20.0. The molecule has 0 radical (unpaired) electrons. The Labute approximate surface area is 285 Å². The van der Waals surface area contributed by atoms with Crippen molar-refractivity contribution in [2.45, 2.75) is 211 Å². The van der Waals surface area contributed by atoms with Crippen molar-refractivity contribution in [2.75, 3.05) is 0 Å². The van der Waals surface area contributed by atoms with Gasteiger partial charge in [0.2, 0.25) is 0 Å². The molecule has 2 rings (SSSR count). The average Bonchev–Trinajstić information content (AvgIpc) is 3.04. The van der Waals surface area contributed by atoms with E-state index in [4.69, 9.17) is 0 Å². The molecule has 0 spiro atoms. The molecule has 0 aliphatic rings. The average molecular weight is 657 g/mol. The van der Waals surface area contributed by atoms with Gasteiger partial charge in [0.05, 0.1) is 4.90 Å². The van der Waals surface area contributed by atoms with E-state index < -0.39 is 10.1 Å². The minimum Gasteiger partial charge on any atom is -0.282 e. The van der Waals surface area contributed by atoms with Crippen LogP contribution in [0.5, 0.6) is 0 Å². The van der Waals surface area contributed by atoms with E-state index in [0.717, 1.165) is 35.6 Å². The number of fused-ring (bicyclic) bond motifs is 1. The zero-order chi connectivity index (χ0) is 33.1. The smallest absolute Gasteiger partial charge is 0.282 e. The van der Waals surface area contributed by atoms with Crippen LogP contribution in [0.25, 0.3) is 10.8 Å². The second-order valence-electron chi connectivity index (χ2n) is 14.3. The van der Waals surface area contributed by atoms with Crippen LogP contribution < -0.4 is 0 Å². The van der Waals surface area contributed by atoms with Gasteiger partial charge in [0.25, 0.3) is 10.1 Å². The van der Waals surface area contributed by atoms with Gasteiger partial charge < -0.3 is 0 Å². The van der Waals surface area contributed by atoms with Crippen LogP contribution in [-0.4, -0.2) is 13.0 Å². The molecule has 3 nitrogen and oxygen atoms in total. The number of unbranched alkanes of at least 4 members (excludes halogenated alkanes) is 26. The van der Waals surface area contributed by atoms with Crippen LogP contribution in [0.2, 0.25) is 0 Å². The molecule has 0 heterocycles. The Bertz CT molecular complexity index is 1120. The van der Waals surface area contributed by atoms with E-state index in [-0.39, 0.29) is 4.90 Å². The molecule has 0 aromatic heterocycles. The van der Waals surface area contributed by atoms with Gasteiger partial charge in [0.15, 0.2) is 0 Å². The van der Waals surface area contributed by atoms with Crippen LogP contribution in [0.1, 0.15) is 205 Å². The number of benzene rings is 2. The number of aryl methyl sites for hydroxylation is 2. The van der Waals surface area contributed by atoms with E-state index in [9.17, 15) is 13.0 Å². The second-order valence-corrected chi connectivity index (χ2v) is 15.7. The fraction of sp³-hybridized carbons (Fsp3) is 0.762. The summed E-state index contributed by atoms with van der Waals surface area (Å²) in [6, 6.07) is 10.0. The summed E-state index contributed by atoms with van der Waals surface area (Å²) in [5.74, 6) is 0. The van der Waals surface area contributed by atoms with Crippen LogP contribution in [0.15, 0.2) is 35.2 Å². The number of hydrogen-bond donors (Lipinski definition) is 1. The SMILES string of the molecule is CCCCCCCCCCCCCCCCc1ccc2c(CCCCCCCCCCCCCCCC)c(S(=O)(=O)O)ccc2c1. The third-order valence-corrected chi connectivity index (χ3v) is 11.0. The molecule has 0 atom stereocenters. The summed E-state index contributed by atoms with van der Waals surface area (Å²) in [5, 5.41) is 2.07. The summed E-state index contributed by atoms with van der Waals surface area (Å²) in [4.78, 5) is 0.0921. The summed E-state index contributed by atoms with van der Waals surface area (Å²) < 4.78 is 34.4. The van der Waals surface area contributed by atoms with Crippen LogP contribution in [0.3, 0.4) is 0 Å². The summed E-state index contributed by atoms with van der Waals surface area (Å²) in [5.41, 5.74) is 2.12. The highest BCUT2D eigenvalue weighted by Gasteiger charge is 2.18. The fourth-order valence-corrected chi connectivity index (χ4v) is 7.86. The van der Waals surface area contributed by atoms with Gasteiger partial charge in [-0.3, -0.25) is 4.55 Å². The van der Waals surface area contributed by atoms with E-state index in [1.807, 2.05) is 6.07 Å². The van der Waals surface area contributed by atoms with Crippen LogP contribution in [-0.2, 0) is 23.0 Å². The highest BCUT2D eigenvalue weighted by atomic mass is 32.2. The van der Waals surface area contributed by atoms with E-state index >= 15 is 0 Å². The van der Waals surface area contributed by atoms with Crippen molar-refractivity contribution >= 4 is 20.9 Å². The van der Waals surface area contributed by atoms with Gasteiger partial charge in [-0.25, -0.2) is 0 Å². The molecule has 0 aliphatic heterocycles. The number of rotatable bonds is 31. The Morgan fingerprint density at radius 2 is 0.826 bits per heavy atom. The zero-order valence-corrected chi connectivity index (χ0v) is 31.1. The highest BCUT2D eigenvalue weighted by Crippen LogP contribution is 2.29. The maximum Gasteiger partial charge on any atom is 0.294 e. The molecular formula is C42H72O3S. The van der Waals surface area contributed by atoms with Gasteiger partial charge >= 0.3 is 0 Å². The van der Waals surface area contributed by atoms with Gasteiger partial charge in [0.1, 0.15) is 0 Å². The molecule has 264 valence electrons. The molecule has 0 saturated carbocycles. The third-order valence-electron chi connectivity index (χ3n) is 10.0. The molecule has 0 amide bonds. The predicted octanol–water partition coefficient (Wildman–Crippen LogP) is 14.1. The Morgan fingerprint density at radius 1 is 0.457 bits per heavy atom. The molecule has 4 heteroatoms. The van der Waals surface area contributed by atoms with Gasteiger partial charge in [0, 0.05) is 0 Å². The monoisotopic (exact) mass is 657 g/mol. The van der Waals surface area contributed by atoms with Crippen molar-refractivity contribution in [1.29, 1.82) is 0 Å². The lowest BCUT2D eigenvalue weighted by molar-refractivity contribution is 0.482. The third kappa shape index (κ3) is 18.8. The molecule has 0 fully saturated rings. The van der Waals surface area contributed by atoms with Crippen LogP contribution >= 0.6 is 0 Å². The Balaban J connectivity index is 1.65. The lowest BCUT2D eigenvalue weighted by atomic mass is 9.96. The maximum absolute atomic E-state index is 12.2. The topological polar surface area (TPSA) is 54.4 Å². The van der Waals surface area contributed by atoms with E-state index in [2.05, 4.69) is 32.0 Å². The molecule has 0 saturated heterocycles. The van der Waals surface area contributed by atoms with E-state index in [0.29, 0.717) is 6.42 Å². The summed E-state index contributed by atoms with van der Waals surface area (Å²) >= 11 is 0. The van der Waals surface area contributed by atoms with Crippen LogP contribution in [0, 0.1) is 0 Å². The minimum atomic E-state index is -4.24. The second kappa shape index (κ2) is 26.6. The van der Waals surface area contributed by atoms with Crippen molar-refractivity contribution in [3.05, 3.63) is 41.5 Å².